The number of halogens is 1. The molecule has 0 N–H and O–H groups in total. The maximum Gasteiger partial charge on any atom is 0.268 e. The van der Waals surface area contributed by atoms with E-state index in [0.29, 0.717) is 16.5 Å². The molecular formula is C19H16FN3O2S. The van der Waals surface area contributed by atoms with Gasteiger partial charge in [-0.1, -0.05) is 18.2 Å². The molecule has 0 radical (unpaired) electrons. The van der Waals surface area contributed by atoms with Gasteiger partial charge in [-0.25, -0.2) is 16.8 Å². The second-order valence-corrected chi connectivity index (χ2v) is 7.90. The van der Waals surface area contributed by atoms with E-state index in [1.54, 1.807) is 35.1 Å². The van der Waals surface area contributed by atoms with Gasteiger partial charge in [-0.05, 0) is 37.3 Å². The predicted molar refractivity (Wildman–Crippen MR) is 97.9 cm³/mol. The highest BCUT2D eigenvalue weighted by Gasteiger charge is 2.23. The van der Waals surface area contributed by atoms with Crippen LogP contribution in [0.15, 0.2) is 65.8 Å². The SMILES string of the molecule is Cc1c(-c2cn(S(=O)(=O)c3ccccc3)c3cc(F)ccc23)cnn1C. The van der Waals surface area contributed by atoms with Crippen LogP contribution in [-0.4, -0.2) is 22.2 Å². The van der Waals surface area contributed by atoms with Crippen molar-refractivity contribution >= 4 is 20.9 Å². The summed E-state index contributed by atoms with van der Waals surface area (Å²) in [5.41, 5.74) is 2.70. The first-order chi connectivity index (χ1) is 12.4. The summed E-state index contributed by atoms with van der Waals surface area (Å²) in [6, 6.07) is 12.3. The highest BCUT2D eigenvalue weighted by Crippen LogP contribution is 2.34. The monoisotopic (exact) mass is 369 g/mol. The van der Waals surface area contributed by atoms with Gasteiger partial charge in [-0.3, -0.25) is 4.68 Å². The first-order valence-corrected chi connectivity index (χ1v) is 9.44. The minimum absolute atomic E-state index is 0.149. The minimum Gasteiger partial charge on any atom is -0.272 e. The molecule has 0 aliphatic carbocycles. The average molecular weight is 369 g/mol. The summed E-state index contributed by atoms with van der Waals surface area (Å²) in [5.74, 6) is -0.491. The third kappa shape index (κ3) is 2.43. The van der Waals surface area contributed by atoms with E-state index in [-0.39, 0.29) is 4.90 Å². The van der Waals surface area contributed by atoms with Gasteiger partial charge >= 0.3 is 0 Å². The molecule has 2 aromatic carbocycles. The molecule has 0 bridgehead atoms. The smallest absolute Gasteiger partial charge is 0.268 e. The van der Waals surface area contributed by atoms with E-state index < -0.39 is 15.8 Å². The average Bonchev–Trinajstić information content (AvgIpc) is 3.16. The van der Waals surface area contributed by atoms with Gasteiger partial charge in [0.15, 0.2) is 0 Å². The Morgan fingerprint density at radius 3 is 2.42 bits per heavy atom. The molecule has 2 aromatic heterocycles. The Bertz CT molecular complexity index is 1220. The molecule has 4 rings (SSSR count). The Kier molecular flexibility index (Phi) is 3.69. The number of nitrogens with zero attached hydrogens (tertiary/aromatic N) is 3. The normalized spacial score (nSPS) is 12.0. The van der Waals surface area contributed by atoms with Gasteiger partial charge < -0.3 is 0 Å². The molecule has 0 fully saturated rings. The molecule has 0 unspecified atom stereocenters. The zero-order chi connectivity index (χ0) is 18.5. The van der Waals surface area contributed by atoms with Crippen LogP contribution in [-0.2, 0) is 17.1 Å². The molecule has 5 nitrogen and oxygen atoms in total. The zero-order valence-electron chi connectivity index (χ0n) is 14.2. The van der Waals surface area contributed by atoms with Crippen LogP contribution in [0.1, 0.15) is 5.69 Å². The van der Waals surface area contributed by atoms with Crippen molar-refractivity contribution < 1.29 is 12.8 Å². The van der Waals surface area contributed by atoms with E-state index >= 15 is 0 Å². The van der Waals surface area contributed by atoms with Crippen molar-refractivity contribution in [3.63, 3.8) is 0 Å². The number of aryl methyl sites for hydroxylation is 1. The second-order valence-electron chi connectivity index (χ2n) is 6.09. The molecule has 0 amide bonds. The molecule has 0 aliphatic heterocycles. The van der Waals surface area contributed by atoms with E-state index in [9.17, 15) is 12.8 Å². The lowest BCUT2D eigenvalue weighted by Crippen LogP contribution is -2.11. The Labute approximate surface area is 150 Å². The number of hydrogen-bond donors (Lipinski definition) is 0. The predicted octanol–water partition coefficient (Wildman–Crippen LogP) is 3.73. The number of rotatable bonds is 3. The van der Waals surface area contributed by atoms with Gasteiger partial charge in [0.05, 0.1) is 16.6 Å². The standard InChI is InChI=1S/C19H16FN3O2S/c1-13-17(11-21-22(13)2)18-12-23(19-10-14(20)8-9-16(18)19)26(24,25)15-6-4-3-5-7-15/h3-12H,1-2H3. The summed E-state index contributed by atoms with van der Waals surface area (Å²) in [5, 5.41) is 4.89. The third-order valence-corrected chi connectivity index (χ3v) is 6.25. The third-order valence-electron chi connectivity index (χ3n) is 4.56. The topological polar surface area (TPSA) is 56.9 Å². The van der Waals surface area contributed by atoms with Crippen molar-refractivity contribution in [2.24, 2.45) is 7.05 Å². The van der Waals surface area contributed by atoms with Crippen LogP contribution in [0.3, 0.4) is 0 Å². The van der Waals surface area contributed by atoms with E-state index in [4.69, 9.17) is 0 Å². The molecule has 0 aliphatic rings. The van der Waals surface area contributed by atoms with Crippen molar-refractivity contribution in [2.75, 3.05) is 0 Å². The zero-order valence-corrected chi connectivity index (χ0v) is 15.0. The molecular weight excluding hydrogens is 353 g/mol. The lowest BCUT2D eigenvalue weighted by molar-refractivity contribution is 0.589. The van der Waals surface area contributed by atoms with Crippen LogP contribution in [0.25, 0.3) is 22.0 Å². The van der Waals surface area contributed by atoms with E-state index in [2.05, 4.69) is 5.10 Å². The Hall–Kier alpha value is -2.93. The lowest BCUT2D eigenvalue weighted by atomic mass is 10.1. The lowest BCUT2D eigenvalue weighted by Gasteiger charge is -2.07. The van der Waals surface area contributed by atoms with Crippen molar-refractivity contribution in [3.05, 3.63) is 72.4 Å². The first kappa shape index (κ1) is 16.5. The fraction of sp³-hybridized carbons (Fsp3) is 0.105. The summed E-state index contributed by atoms with van der Waals surface area (Å²) in [7, 11) is -2.03. The number of fused-ring (bicyclic) bond motifs is 1. The van der Waals surface area contributed by atoms with Crippen LogP contribution in [0.2, 0.25) is 0 Å². The number of aromatic nitrogens is 3. The van der Waals surface area contributed by atoms with Crippen molar-refractivity contribution in [3.8, 4) is 11.1 Å². The van der Waals surface area contributed by atoms with Gasteiger partial charge in [0.25, 0.3) is 10.0 Å². The van der Waals surface area contributed by atoms with E-state index in [0.717, 1.165) is 15.2 Å². The molecule has 7 heteroatoms. The summed E-state index contributed by atoms with van der Waals surface area (Å²) in [6.45, 7) is 1.90. The highest BCUT2D eigenvalue weighted by molar-refractivity contribution is 7.90. The van der Waals surface area contributed by atoms with Crippen LogP contribution < -0.4 is 0 Å². The molecule has 0 saturated carbocycles. The largest absolute Gasteiger partial charge is 0.272 e. The van der Waals surface area contributed by atoms with Crippen molar-refractivity contribution in [1.29, 1.82) is 0 Å². The number of hydrogen-bond acceptors (Lipinski definition) is 3. The fourth-order valence-electron chi connectivity index (χ4n) is 3.05. The molecule has 26 heavy (non-hydrogen) atoms. The van der Waals surface area contributed by atoms with Gasteiger partial charge in [0, 0.05) is 35.5 Å². The van der Waals surface area contributed by atoms with E-state index in [1.807, 2.05) is 14.0 Å². The van der Waals surface area contributed by atoms with Gasteiger partial charge in [0.2, 0.25) is 0 Å². The fourth-order valence-corrected chi connectivity index (χ4v) is 4.44. The molecule has 0 atom stereocenters. The highest BCUT2D eigenvalue weighted by atomic mass is 32.2. The van der Waals surface area contributed by atoms with E-state index in [1.165, 1.54) is 30.5 Å². The molecule has 0 saturated heterocycles. The van der Waals surface area contributed by atoms with Gasteiger partial charge in [-0.15, -0.1) is 0 Å². The molecule has 0 spiro atoms. The van der Waals surface area contributed by atoms with Gasteiger partial charge in [0.1, 0.15) is 5.82 Å². The summed E-state index contributed by atoms with van der Waals surface area (Å²) >= 11 is 0. The quantitative estimate of drug-likeness (QED) is 0.553. The Morgan fingerprint density at radius 1 is 1.04 bits per heavy atom. The Morgan fingerprint density at radius 2 is 1.77 bits per heavy atom. The van der Waals surface area contributed by atoms with Gasteiger partial charge in [-0.2, -0.15) is 5.10 Å². The summed E-state index contributed by atoms with van der Waals surface area (Å²) < 4.78 is 43.0. The van der Waals surface area contributed by atoms with Crippen LogP contribution in [0.5, 0.6) is 0 Å². The van der Waals surface area contributed by atoms with Crippen LogP contribution in [0.4, 0.5) is 4.39 Å². The molecule has 132 valence electrons. The molecule has 4 aromatic rings. The summed E-state index contributed by atoms with van der Waals surface area (Å²) in [4.78, 5) is 0.149. The van der Waals surface area contributed by atoms with Crippen LogP contribution in [0, 0.1) is 12.7 Å². The summed E-state index contributed by atoms with van der Waals surface area (Å²) in [6.07, 6.45) is 3.23. The maximum absolute atomic E-state index is 13.9. The maximum atomic E-state index is 13.9. The minimum atomic E-state index is -3.85. The first-order valence-electron chi connectivity index (χ1n) is 8.00. The van der Waals surface area contributed by atoms with Crippen LogP contribution >= 0.6 is 0 Å². The Balaban J connectivity index is 2.05. The molecule has 2 heterocycles. The second kappa shape index (κ2) is 5.81. The van der Waals surface area contributed by atoms with Crippen molar-refractivity contribution in [1.82, 2.24) is 13.8 Å². The number of benzene rings is 2. The van der Waals surface area contributed by atoms with Crippen molar-refractivity contribution in [2.45, 2.75) is 11.8 Å².